The molecule has 0 aliphatic heterocycles. The lowest BCUT2D eigenvalue weighted by molar-refractivity contribution is -0.146. The van der Waals surface area contributed by atoms with Crippen molar-refractivity contribution < 1.29 is 38.0 Å². The molecule has 0 saturated heterocycles. The van der Waals surface area contributed by atoms with Crippen molar-refractivity contribution in [2.24, 2.45) is 0 Å². The first-order valence-electron chi connectivity index (χ1n) is 14.8. The van der Waals surface area contributed by atoms with Gasteiger partial charge in [0.2, 0.25) is 0 Å². The van der Waals surface area contributed by atoms with E-state index in [0.29, 0.717) is 65.7 Å². The molecule has 0 rings (SSSR count). The maximum atomic E-state index is 11.7. The van der Waals surface area contributed by atoms with Gasteiger partial charge in [0.1, 0.15) is 13.2 Å². The number of carbonyl (C=O) groups excluding carboxylic acids is 2. The SMILES string of the molecule is CCCCCCCCCCCC(=O)OCCOCCOCCOCCOCCOC(=O)CCCCCC. The predicted molar refractivity (Wildman–Crippen MR) is 146 cm³/mol. The molecule has 0 aromatic heterocycles. The molecule has 0 radical (unpaired) electrons. The van der Waals surface area contributed by atoms with E-state index in [4.69, 9.17) is 28.4 Å². The maximum absolute atomic E-state index is 11.7. The fourth-order valence-corrected chi connectivity index (χ4v) is 3.61. The van der Waals surface area contributed by atoms with E-state index in [1.165, 1.54) is 44.9 Å². The van der Waals surface area contributed by atoms with Crippen LogP contribution in [0.5, 0.6) is 0 Å². The molecule has 0 aromatic carbocycles. The second-order valence-corrected chi connectivity index (χ2v) is 9.28. The van der Waals surface area contributed by atoms with Crippen LogP contribution in [0.1, 0.15) is 110 Å². The van der Waals surface area contributed by atoms with Gasteiger partial charge in [-0.05, 0) is 12.8 Å². The van der Waals surface area contributed by atoms with Crippen LogP contribution in [0.4, 0.5) is 0 Å². The first kappa shape index (κ1) is 35.8. The summed E-state index contributed by atoms with van der Waals surface area (Å²) in [6.07, 6.45) is 16.4. The molecule has 0 unspecified atom stereocenters. The van der Waals surface area contributed by atoms with E-state index >= 15 is 0 Å². The third-order valence-corrected chi connectivity index (χ3v) is 5.82. The van der Waals surface area contributed by atoms with E-state index in [1.54, 1.807) is 0 Å². The van der Waals surface area contributed by atoms with Crippen LogP contribution in [0.25, 0.3) is 0 Å². The van der Waals surface area contributed by atoms with Crippen LogP contribution in [0.2, 0.25) is 0 Å². The standard InChI is InChI=1S/C29H56O8/c1-3-5-7-9-10-11-12-13-15-17-29(31)37-27-25-35-23-21-33-19-18-32-20-22-34-24-26-36-28(30)16-14-8-6-4-2/h3-27H2,1-2H3. The van der Waals surface area contributed by atoms with Crippen LogP contribution in [-0.2, 0) is 38.0 Å². The van der Waals surface area contributed by atoms with Crippen molar-refractivity contribution in [1.29, 1.82) is 0 Å². The third-order valence-electron chi connectivity index (χ3n) is 5.82. The number of hydrogen-bond donors (Lipinski definition) is 0. The normalized spacial score (nSPS) is 11.1. The summed E-state index contributed by atoms with van der Waals surface area (Å²) >= 11 is 0. The Kier molecular flexibility index (Phi) is 30.0. The van der Waals surface area contributed by atoms with Crippen LogP contribution in [0.15, 0.2) is 0 Å². The van der Waals surface area contributed by atoms with Gasteiger partial charge in [-0.15, -0.1) is 0 Å². The van der Waals surface area contributed by atoms with Crippen molar-refractivity contribution in [3.63, 3.8) is 0 Å². The average molecular weight is 533 g/mol. The van der Waals surface area contributed by atoms with Gasteiger partial charge in [-0.1, -0.05) is 84.5 Å². The minimum atomic E-state index is -0.151. The summed E-state index contributed by atoms with van der Waals surface area (Å²) in [5.74, 6) is -0.287. The second kappa shape index (κ2) is 31.0. The first-order valence-corrected chi connectivity index (χ1v) is 14.8. The van der Waals surface area contributed by atoms with Crippen LogP contribution in [0.3, 0.4) is 0 Å². The van der Waals surface area contributed by atoms with Crippen molar-refractivity contribution >= 4 is 11.9 Å². The number of hydrogen-bond acceptors (Lipinski definition) is 8. The molecule has 0 spiro atoms. The zero-order chi connectivity index (χ0) is 27.1. The molecule has 8 nitrogen and oxygen atoms in total. The lowest BCUT2D eigenvalue weighted by Gasteiger charge is -2.08. The van der Waals surface area contributed by atoms with Crippen LogP contribution >= 0.6 is 0 Å². The highest BCUT2D eigenvalue weighted by Gasteiger charge is 2.03. The number of unbranched alkanes of at least 4 members (excludes halogenated alkanes) is 11. The Morgan fingerprint density at radius 1 is 0.378 bits per heavy atom. The minimum absolute atomic E-state index is 0.136. The summed E-state index contributed by atoms with van der Waals surface area (Å²) in [5.41, 5.74) is 0. The van der Waals surface area contributed by atoms with Gasteiger partial charge in [-0.3, -0.25) is 9.59 Å². The van der Waals surface area contributed by atoms with Crippen LogP contribution in [-0.4, -0.2) is 78.0 Å². The summed E-state index contributed by atoms with van der Waals surface area (Å²) in [5, 5.41) is 0. The quantitative estimate of drug-likeness (QED) is 0.0818. The van der Waals surface area contributed by atoms with Crippen molar-refractivity contribution in [2.45, 2.75) is 110 Å². The molecule has 8 heteroatoms. The van der Waals surface area contributed by atoms with Crippen molar-refractivity contribution in [3.05, 3.63) is 0 Å². The molecule has 220 valence electrons. The highest BCUT2D eigenvalue weighted by molar-refractivity contribution is 5.69. The summed E-state index contributed by atoms with van der Waals surface area (Å²) in [6.45, 7) is 8.52. The molecule has 0 heterocycles. The maximum Gasteiger partial charge on any atom is 0.305 e. The molecular formula is C29H56O8. The third kappa shape index (κ3) is 30.9. The molecule has 0 aliphatic carbocycles. The minimum Gasteiger partial charge on any atom is -0.463 e. The summed E-state index contributed by atoms with van der Waals surface area (Å²) < 4.78 is 32.0. The average Bonchev–Trinajstić information content (AvgIpc) is 2.90. The number of carbonyl (C=O) groups is 2. The Labute approximate surface area is 226 Å². The van der Waals surface area contributed by atoms with Gasteiger partial charge in [0.25, 0.3) is 0 Å². The summed E-state index contributed by atoms with van der Waals surface area (Å²) in [4.78, 5) is 23.2. The largest absolute Gasteiger partial charge is 0.463 e. The van der Waals surface area contributed by atoms with Gasteiger partial charge in [0.15, 0.2) is 0 Å². The van der Waals surface area contributed by atoms with Gasteiger partial charge in [0.05, 0.1) is 52.9 Å². The lowest BCUT2D eigenvalue weighted by Crippen LogP contribution is -2.15. The van der Waals surface area contributed by atoms with Gasteiger partial charge < -0.3 is 28.4 Å². The highest BCUT2D eigenvalue weighted by atomic mass is 16.6. The second-order valence-electron chi connectivity index (χ2n) is 9.28. The van der Waals surface area contributed by atoms with Crippen molar-refractivity contribution in [2.75, 3.05) is 66.1 Å². The molecule has 0 aromatic rings. The highest BCUT2D eigenvalue weighted by Crippen LogP contribution is 2.10. The molecule has 0 saturated carbocycles. The Balaban J connectivity index is 3.18. The zero-order valence-corrected chi connectivity index (χ0v) is 23.9. The Morgan fingerprint density at radius 2 is 0.649 bits per heavy atom. The van der Waals surface area contributed by atoms with Gasteiger partial charge in [-0.25, -0.2) is 0 Å². The number of ether oxygens (including phenoxy) is 6. The van der Waals surface area contributed by atoms with Crippen molar-refractivity contribution in [1.82, 2.24) is 0 Å². The van der Waals surface area contributed by atoms with E-state index in [9.17, 15) is 9.59 Å². The monoisotopic (exact) mass is 532 g/mol. The molecule has 0 fully saturated rings. The molecule has 37 heavy (non-hydrogen) atoms. The topological polar surface area (TPSA) is 89.5 Å². The van der Waals surface area contributed by atoms with Gasteiger partial charge >= 0.3 is 11.9 Å². The fraction of sp³-hybridized carbons (Fsp3) is 0.931. The summed E-state index contributed by atoms with van der Waals surface area (Å²) in [7, 11) is 0. The van der Waals surface area contributed by atoms with Crippen LogP contribution in [0, 0.1) is 0 Å². The van der Waals surface area contributed by atoms with E-state index in [0.717, 1.165) is 38.5 Å². The summed E-state index contributed by atoms with van der Waals surface area (Å²) in [6, 6.07) is 0. The Bertz CT molecular complexity index is 487. The van der Waals surface area contributed by atoms with Crippen LogP contribution < -0.4 is 0 Å². The zero-order valence-electron chi connectivity index (χ0n) is 23.9. The van der Waals surface area contributed by atoms with Gasteiger partial charge in [-0.2, -0.15) is 0 Å². The molecule has 0 N–H and O–H groups in total. The Morgan fingerprint density at radius 3 is 1.00 bits per heavy atom. The molecular weight excluding hydrogens is 476 g/mol. The predicted octanol–water partition coefficient (Wildman–Crippen LogP) is 6.03. The Hall–Kier alpha value is -1.22. The number of esters is 2. The smallest absolute Gasteiger partial charge is 0.305 e. The first-order chi connectivity index (χ1) is 18.2. The van der Waals surface area contributed by atoms with E-state index in [2.05, 4.69) is 13.8 Å². The number of rotatable bonds is 30. The fourth-order valence-electron chi connectivity index (χ4n) is 3.61. The molecule has 0 atom stereocenters. The van der Waals surface area contributed by atoms with E-state index < -0.39 is 0 Å². The van der Waals surface area contributed by atoms with Gasteiger partial charge in [0, 0.05) is 12.8 Å². The molecule has 0 aliphatic rings. The molecule has 0 bridgehead atoms. The van der Waals surface area contributed by atoms with E-state index in [1.807, 2.05) is 0 Å². The molecule has 0 amide bonds. The van der Waals surface area contributed by atoms with Crippen molar-refractivity contribution in [3.8, 4) is 0 Å². The lowest BCUT2D eigenvalue weighted by atomic mass is 10.1. The van der Waals surface area contributed by atoms with E-state index in [-0.39, 0.29) is 25.2 Å².